The second-order valence-corrected chi connectivity index (χ2v) is 9.19. The minimum Gasteiger partial charge on any atom is -0.508 e. The van der Waals surface area contributed by atoms with Gasteiger partial charge in [0.1, 0.15) is 5.75 Å². The number of pyridine rings is 1. The highest BCUT2D eigenvalue weighted by molar-refractivity contribution is 6.36. The second-order valence-electron chi connectivity index (χ2n) is 8.38. The summed E-state index contributed by atoms with van der Waals surface area (Å²) >= 11 is 12.7. The number of carboxylic acid groups (broad SMARTS) is 1. The minimum atomic E-state index is -1.10. The number of nitrogens with one attached hydrogen (secondary N) is 1. The van der Waals surface area contributed by atoms with Crippen molar-refractivity contribution >= 4 is 35.0 Å². The summed E-state index contributed by atoms with van der Waals surface area (Å²) in [5.41, 5.74) is 2.97. The summed E-state index contributed by atoms with van der Waals surface area (Å²) in [4.78, 5) is 29.8. The van der Waals surface area contributed by atoms with E-state index in [9.17, 15) is 19.8 Å². The number of hydrogen-bond donors (Lipinski definition) is 3. The van der Waals surface area contributed by atoms with Crippen molar-refractivity contribution in [1.82, 2.24) is 10.3 Å². The molecule has 2 heterocycles. The number of carboxylic acids is 1. The van der Waals surface area contributed by atoms with Crippen LogP contribution < -0.4 is 5.32 Å². The molecule has 1 aliphatic carbocycles. The Bertz CT molecular complexity index is 1170. The molecule has 1 aliphatic heterocycles. The molecule has 2 aromatic rings. The standard InChI is InChI=1S/C24H22Cl2N2O4/c1-11(2)23-22(24(31)32)20(12-4-3-5-14(29)6-12)21-17(28-23)7-13(8-18(21)30)19-15(25)9-27-10-16(19)26/h3-6,9-11,13,20,28-29H,7-8H2,1-2H3,(H,31,32). The van der Waals surface area contributed by atoms with E-state index >= 15 is 0 Å². The van der Waals surface area contributed by atoms with Crippen LogP contribution in [-0.2, 0) is 9.59 Å². The fourth-order valence-corrected chi connectivity index (χ4v) is 5.33. The molecule has 0 saturated carbocycles. The van der Waals surface area contributed by atoms with Crippen molar-refractivity contribution in [3.05, 3.63) is 80.4 Å². The highest BCUT2D eigenvalue weighted by Gasteiger charge is 2.42. The maximum absolute atomic E-state index is 13.5. The summed E-state index contributed by atoms with van der Waals surface area (Å²) in [5.74, 6) is -2.45. The van der Waals surface area contributed by atoms with E-state index in [4.69, 9.17) is 23.2 Å². The zero-order valence-corrected chi connectivity index (χ0v) is 19.0. The molecule has 2 unspecified atom stereocenters. The predicted octanol–water partition coefficient (Wildman–Crippen LogP) is 5.18. The van der Waals surface area contributed by atoms with Gasteiger partial charge in [0.05, 0.1) is 15.6 Å². The van der Waals surface area contributed by atoms with Crippen LogP contribution in [0.5, 0.6) is 5.75 Å². The monoisotopic (exact) mass is 472 g/mol. The lowest BCUT2D eigenvalue weighted by Crippen LogP contribution is -2.37. The van der Waals surface area contributed by atoms with Crippen LogP contribution >= 0.6 is 23.2 Å². The molecule has 3 N–H and O–H groups in total. The van der Waals surface area contributed by atoms with Crippen LogP contribution in [-0.4, -0.2) is 26.9 Å². The zero-order chi connectivity index (χ0) is 23.2. The number of phenols is 1. The normalized spacial score (nSPS) is 21.0. The number of rotatable bonds is 4. The number of dihydropyridines is 1. The Hall–Kier alpha value is -2.83. The van der Waals surface area contributed by atoms with Gasteiger partial charge in [0, 0.05) is 41.7 Å². The first-order valence-corrected chi connectivity index (χ1v) is 11.0. The highest BCUT2D eigenvalue weighted by atomic mass is 35.5. The number of hydrogen-bond acceptors (Lipinski definition) is 5. The Morgan fingerprint density at radius 1 is 1.19 bits per heavy atom. The zero-order valence-electron chi connectivity index (χ0n) is 17.5. The molecule has 0 fully saturated rings. The summed E-state index contributed by atoms with van der Waals surface area (Å²) in [6.07, 6.45) is 3.60. The summed E-state index contributed by atoms with van der Waals surface area (Å²) in [6.45, 7) is 3.80. The molecule has 4 rings (SSSR count). The maximum atomic E-state index is 13.5. The van der Waals surface area contributed by atoms with Gasteiger partial charge >= 0.3 is 5.97 Å². The molecule has 166 valence electrons. The smallest absolute Gasteiger partial charge is 0.334 e. The number of aromatic nitrogens is 1. The minimum absolute atomic E-state index is 0.00972. The van der Waals surface area contributed by atoms with Crippen molar-refractivity contribution in [2.75, 3.05) is 0 Å². The molecule has 0 bridgehead atoms. The number of aromatic hydroxyl groups is 1. The Morgan fingerprint density at radius 2 is 1.88 bits per heavy atom. The van der Waals surface area contributed by atoms with Crippen LogP contribution in [0.4, 0.5) is 0 Å². The largest absolute Gasteiger partial charge is 0.508 e. The summed E-state index contributed by atoms with van der Waals surface area (Å²) in [6, 6.07) is 6.41. The number of carbonyl (C=O) groups excluding carboxylic acids is 1. The molecule has 1 aromatic carbocycles. The number of benzene rings is 1. The van der Waals surface area contributed by atoms with Gasteiger partial charge < -0.3 is 15.5 Å². The number of carbonyl (C=O) groups is 2. The number of Topliss-reactive ketones (excluding diaryl/α,β-unsaturated/α-hetero) is 1. The quantitative estimate of drug-likeness (QED) is 0.566. The molecule has 32 heavy (non-hydrogen) atoms. The van der Waals surface area contributed by atoms with Crippen LogP contribution in [0, 0.1) is 5.92 Å². The van der Waals surface area contributed by atoms with Gasteiger partial charge in [0.2, 0.25) is 0 Å². The number of allylic oxidation sites excluding steroid dienone is 3. The van der Waals surface area contributed by atoms with E-state index in [0.717, 1.165) is 0 Å². The lowest BCUT2D eigenvalue weighted by molar-refractivity contribution is -0.133. The van der Waals surface area contributed by atoms with Crippen molar-refractivity contribution < 1.29 is 19.8 Å². The average Bonchev–Trinajstić information content (AvgIpc) is 2.72. The highest BCUT2D eigenvalue weighted by Crippen LogP contribution is 2.48. The predicted molar refractivity (Wildman–Crippen MR) is 122 cm³/mol. The molecule has 0 amide bonds. The van der Waals surface area contributed by atoms with Crippen LogP contribution in [0.1, 0.15) is 49.7 Å². The summed E-state index contributed by atoms with van der Waals surface area (Å²) in [5, 5.41) is 24.2. The van der Waals surface area contributed by atoms with Gasteiger partial charge in [0.25, 0.3) is 0 Å². The molecule has 2 aliphatic rings. The van der Waals surface area contributed by atoms with E-state index in [-0.39, 0.29) is 35.4 Å². The number of ketones is 1. The summed E-state index contributed by atoms with van der Waals surface area (Å²) in [7, 11) is 0. The van der Waals surface area contributed by atoms with E-state index in [0.29, 0.717) is 44.6 Å². The Balaban J connectivity index is 1.89. The third-order valence-corrected chi connectivity index (χ3v) is 6.57. The Kier molecular flexibility index (Phi) is 6.01. The van der Waals surface area contributed by atoms with Gasteiger partial charge in [-0.3, -0.25) is 9.78 Å². The molecule has 1 aromatic heterocycles. The van der Waals surface area contributed by atoms with Crippen LogP contribution in [0.3, 0.4) is 0 Å². The van der Waals surface area contributed by atoms with E-state index in [1.165, 1.54) is 24.5 Å². The summed E-state index contributed by atoms with van der Waals surface area (Å²) < 4.78 is 0. The van der Waals surface area contributed by atoms with E-state index in [2.05, 4.69) is 10.3 Å². The van der Waals surface area contributed by atoms with Gasteiger partial charge in [-0.1, -0.05) is 49.2 Å². The molecular formula is C24H22Cl2N2O4. The van der Waals surface area contributed by atoms with Crippen LogP contribution in [0.25, 0.3) is 0 Å². The fraction of sp³-hybridized carbons (Fsp3) is 0.292. The van der Waals surface area contributed by atoms with Crippen molar-refractivity contribution in [3.63, 3.8) is 0 Å². The van der Waals surface area contributed by atoms with Crippen molar-refractivity contribution in [2.45, 2.75) is 38.5 Å². The Labute approximate surface area is 195 Å². The van der Waals surface area contributed by atoms with Crippen molar-refractivity contribution in [2.24, 2.45) is 5.92 Å². The molecule has 6 nitrogen and oxygen atoms in total. The third kappa shape index (κ3) is 3.89. The molecule has 0 radical (unpaired) electrons. The molecule has 8 heteroatoms. The van der Waals surface area contributed by atoms with Gasteiger partial charge in [-0.25, -0.2) is 4.79 Å². The average molecular weight is 473 g/mol. The molecule has 2 atom stereocenters. The fourth-order valence-electron chi connectivity index (χ4n) is 4.66. The first kappa shape index (κ1) is 22.4. The van der Waals surface area contributed by atoms with Crippen LogP contribution in [0.2, 0.25) is 10.0 Å². The van der Waals surface area contributed by atoms with Crippen molar-refractivity contribution in [1.29, 1.82) is 0 Å². The lowest BCUT2D eigenvalue weighted by atomic mass is 9.71. The number of nitrogens with zero attached hydrogens (tertiary/aromatic N) is 1. The SMILES string of the molecule is CC(C)C1=C(C(=O)O)C(c2cccc(O)c2)C2=C(CC(c3c(Cl)cncc3Cl)CC2=O)N1. The van der Waals surface area contributed by atoms with E-state index in [1.54, 1.807) is 12.1 Å². The van der Waals surface area contributed by atoms with Gasteiger partial charge in [0.15, 0.2) is 5.78 Å². The first-order valence-electron chi connectivity index (χ1n) is 10.3. The molecule has 0 spiro atoms. The molecule has 0 saturated heterocycles. The number of aliphatic carboxylic acids is 1. The second kappa shape index (κ2) is 8.60. The van der Waals surface area contributed by atoms with E-state index < -0.39 is 11.9 Å². The van der Waals surface area contributed by atoms with Gasteiger partial charge in [-0.15, -0.1) is 0 Å². The number of phenolic OH excluding ortho intramolecular Hbond substituents is 1. The lowest BCUT2D eigenvalue weighted by Gasteiger charge is -2.38. The molecular weight excluding hydrogens is 451 g/mol. The van der Waals surface area contributed by atoms with Crippen LogP contribution in [0.15, 0.2) is 59.2 Å². The maximum Gasteiger partial charge on any atom is 0.334 e. The Morgan fingerprint density at radius 3 is 2.47 bits per heavy atom. The van der Waals surface area contributed by atoms with Crippen molar-refractivity contribution in [3.8, 4) is 5.75 Å². The third-order valence-electron chi connectivity index (χ3n) is 5.97. The van der Waals surface area contributed by atoms with Gasteiger partial charge in [-0.05, 0) is 41.5 Å². The van der Waals surface area contributed by atoms with E-state index in [1.807, 2.05) is 13.8 Å². The first-order chi connectivity index (χ1) is 15.2. The topological polar surface area (TPSA) is 99.5 Å². The van der Waals surface area contributed by atoms with Gasteiger partial charge in [-0.2, -0.15) is 0 Å². The number of halogens is 2.